The highest BCUT2D eigenvalue weighted by atomic mass is 35.7. The van der Waals surface area contributed by atoms with E-state index in [0.717, 1.165) is 25.0 Å². The van der Waals surface area contributed by atoms with Crippen LogP contribution >= 0.6 is 10.7 Å². The van der Waals surface area contributed by atoms with Crippen LogP contribution in [0.5, 0.6) is 0 Å². The molecule has 1 atom stereocenters. The summed E-state index contributed by atoms with van der Waals surface area (Å²) < 4.78 is 35.9. The standard InChI is InChI=1S/C14H19ClFNO3S/c1-4-10(5-2)9(3)17-14(18)11-6-7-12(16)13(8-11)21(15,19)20/h6-10H,4-5H2,1-3H3,(H,17,18). The Morgan fingerprint density at radius 2 is 1.90 bits per heavy atom. The van der Waals surface area contributed by atoms with Crippen LogP contribution < -0.4 is 5.32 Å². The lowest BCUT2D eigenvalue weighted by Crippen LogP contribution is -2.37. The molecular formula is C14H19ClFNO3S. The molecule has 0 bridgehead atoms. The molecule has 1 rings (SSSR count). The van der Waals surface area contributed by atoms with Gasteiger partial charge in [-0.1, -0.05) is 26.7 Å². The monoisotopic (exact) mass is 335 g/mol. The number of rotatable bonds is 6. The summed E-state index contributed by atoms with van der Waals surface area (Å²) in [6.07, 6.45) is 1.84. The van der Waals surface area contributed by atoms with Crippen molar-refractivity contribution < 1.29 is 17.6 Å². The van der Waals surface area contributed by atoms with E-state index in [1.54, 1.807) is 0 Å². The van der Waals surface area contributed by atoms with Gasteiger partial charge in [-0.25, -0.2) is 12.8 Å². The fraction of sp³-hybridized carbons (Fsp3) is 0.500. The number of hydrogen-bond acceptors (Lipinski definition) is 3. The highest BCUT2D eigenvalue weighted by molar-refractivity contribution is 8.13. The second-order valence-electron chi connectivity index (χ2n) is 4.92. The first-order chi connectivity index (χ1) is 9.70. The first kappa shape index (κ1) is 17.9. The van der Waals surface area contributed by atoms with Gasteiger partial charge in [0.15, 0.2) is 0 Å². The van der Waals surface area contributed by atoms with Crippen LogP contribution in [-0.4, -0.2) is 20.4 Å². The van der Waals surface area contributed by atoms with E-state index in [1.165, 1.54) is 6.07 Å². The molecule has 0 heterocycles. The van der Waals surface area contributed by atoms with Crippen molar-refractivity contribution in [3.8, 4) is 0 Å². The molecule has 1 N–H and O–H groups in total. The summed E-state index contributed by atoms with van der Waals surface area (Å²) in [7, 11) is 0.916. The Kier molecular flexibility index (Phi) is 6.16. The molecule has 118 valence electrons. The maximum atomic E-state index is 13.4. The first-order valence-electron chi connectivity index (χ1n) is 6.75. The van der Waals surface area contributed by atoms with Crippen molar-refractivity contribution in [3.05, 3.63) is 29.6 Å². The molecule has 0 aromatic heterocycles. The van der Waals surface area contributed by atoms with E-state index >= 15 is 0 Å². The number of nitrogens with one attached hydrogen (secondary N) is 1. The van der Waals surface area contributed by atoms with E-state index < -0.39 is 25.7 Å². The Morgan fingerprint density at radius 3 is 2.38 bits per heavy atom. The number of hydrogen-bond donors (Lipinski definition) is 1. The van der Waals surface area contributed by atoms with Crippen LogP contribution in [0.25, 0.3) is 0 Å². The zero-order chi connectivity index (χ0) is 16.2. The van der Waals surface area contributed by atoms with Crippen molar-refractivity contribution in [3.63, 3.8) is 0 Å². The van der Waals surface area contributed by atoms with Crippen LogP contribution in [0.4, 0.5) is 4.39 Å². The maximum absolute atomic E-state index is 13.4. The summed E-state index contributed by atoms with van der Waals surface area (Å²) in [5.41, 5.74) is 0.0634. The predicted molar refractivity (Wildman–Crippen MR) is 80.4 cm³/mol. The van der Waals surface area contributed by atoms with Gasteiger partial charge in [-0.3, -0.25) is 4.79 Å². The Labute approximate surface area is 129 Å². The molecule has 0 fully saturated rings. The van der Waals surface area contributed by atoms with Gasteiger partial charge in [0.1, 0.15) is 10.7 Å². The van der Waals surface area contributed by atoms with Crippen LogP contribution in [0, 0.1) is 11.7 Å². The fourth-order valence-electron chi connectivity index (χ4n) is 2.24. The third kappa shape index (κ3) is 4.68. The van der Waals surface area contributed by atoms with Crippen molar-refractivity contribution in [1.29, 1.82) is 0 Å². The van der Waals surface area contributed by atoms with Gasteiger partial charge in [0.05, 0.1) is 0 Å². The molecule has 21 heavy (non-hydrogen) atoms. The molecule has 1 unspecified atom stereocenters. The largest absolute Gasteiger partial charge is 0.349 e. The lowest BCUT2D eigenvalue weighted by Gasteiger charge is -2.22. The van der Waals surface area contributed by atoms with E-state index in [4.69, 9.17) is 10.7 Å². The van der Waals surface area contributed by atoms with E-state index in [9.17, 15) is 17.6 Å². The normalized spacial score (nSPS) is 13.2. The molecule has 1 aromatic rings. The summed E-state index contributed by atoms with van der Waals surface area (Å²) >= 11 is 0. The van der Waals surface area contributed by atoms with Crippen molar-refractivity contribution in [2.45, 2.75) is 44.6 Å². The highest BCUT2D eigenvalue weighted by Crippen LogP contribution is 2.21. The van der Waals surface area contributed by atoms with E-state index in [1.807, 2.05) is 20.8 Å². The number of halogens is 2. The molecule has 0 aliphatic heterocycles. The molecule has 1 amide bonds. The SMILES string of the molecule is CCC(CC)C(C)NC(=O)c1ccc(F)c(S(=O)(=O)Cl)c1. The molecule has 0 aliphatic rings. The van der Waals surface area contributed by atoms with Crippen LogP contribution in [0.3, 0.4) is 0 Å². The van der Waals surface area contributed by atoms with Gasteiger partial charge in [-0.2, -0.15) is 0 Å². The lowest BCUT2D eigenvalue weighted by molar-refractivity contribution is 0.0925. The van der Waals surface area contributed by atoms with E-state index in [0.29, 0.717) is 5.92 Å². The third-order valence-electron chi connectivity index (χ3n) is 3.57. The Morgan fingerprint density at radius 1 is 1.33 bits per heavy atom. The summed E-state index contributed by atoms with van der Waals surface area (Å²) in [5.74, 6) is -1.10. The molecule has 0 saturated carbocycles. The molecular weight excluding hydrogens is 317 g/mol. The van der Waals surface area contributed by atoms with Crippen LogP contribution in [0.2, 0.25) is 0 Å². The maximum Gasteiger partial charge on any atom is 0.264 e. The highest BCUT2D eigenvalue weighted by Gasteiger charge is 2.21. The molecule has 0 aliphatic carbocycles. The molecule has 0 spiro atoms. The Bertz CT molecular complexity index is 615. The summed E-state index contributed by atoms with van der Waals surface area (Å²) in [5, 5.41) is 2.80. The van der Waals surface area contributed by atoms with Crippen molar-refractivity contribution in [2.75, 3.05) is 0 Å². The lowest BCUT2D eigenvalue weighted by atomic mass is 9.95. The molecule has 1 aromatic carbocycles. The second kappa shape index (κ2) is 7.22. The van der Waals surface area contributed by atoms with E-state index in [-0.39, 0.29) is 11.6 Å². The second-order valence-corrected chi connectivity index (χ2v) is 7.46. The summed E-state index contributed by atoms with van der Waals surface area (Å²) in [6, 6.07) is 3.04. The van der Waals surface area contributed by atoms with Gasteiger partial charge in [0, 0.05) is 22.3 Å². The smallest absolute Gasteiger partial charge is 0.264 e. The average molecular weight is 336 g/mol. The number of amides is 1. The van der Waals surface area contributed by atoms with Crippen molar-refractivity contribution >= 4 is 25.6 Å². The van der Waals surface area contributed by atoms with Gasteiger partial charge < -0.3 is 5.32 Å². The molecule has 7 heteroatoms. The minimum atomic E-state index is -4.23. The van der Waals surface area contributed by atoms with E-state index in [2.05, 4.69) is 5.32 Å². The van der Waals surface area contributed by atoms with Gasteiger partial charge >= 0.3 is 0 Å². The number of carbonyl (C=O) groups excluding carboxylic acids is 1. The zero-order valence-corrected chi connectivity index (χ0v) is 13.8. The fourth-order valence-corrected chi connectivity index (χ4v) is 3.16. The van der Waals surface area contributed by atoms with Crippen LogP contribution in [-0.2, 0) is 9.05 Å². The molecule has 0 saturated heterocycles. The zero-order valence-electron chi connectivity index (χ0n) is 12.2. The van der Waals surface area contributed by atoms with Crippen LogP contribution in [0.15, 0.2) is 23.1 Å². The summed E-state index contributed by atoms with van der Waals surface area (Å²) in [4.78, 5) is 11.4. The topological polar surface area (TPSA) is 63.2 Å². The van der Waals surface area contributed by atoms with Gasteiger partial charge in [0.25, 0.3) is 15.0 Å². The van der Waals surface area contributed by atoms with Gasteiger partial charge in [-0.15, -0.1) is 0 Å². The number of benzene rings is 1. The quantitative estimate of drug-likeness (QED) is 0.811. The molecule has 0 radical (unpaired) electrons. The molecule has 4 nitrogen and oxygen atoms in total. The van der Waals surface area contributed by atoms with Crippen molar-refractivity contribution in [1.82, 2.24) is 5.32 Å². The predicted octanol–water partition coefficient (Wildman–Crippen LogP) is 3.31. The van der Waals surface area contributed by atoms with Crippen molar-refractivity contribution in [2.24, 2.45) is 5.92 Å². The Balaban J connectivity index is 2.99. The third-order valence-corrected chi connectivity index (χ3v) is 4.91. The van der Waals surface area contributed by atoms with Crippen LogP contribution in [0.1, 0.15) is 44.0 Å². The number of carbonyl (C=O) groups is 1. The summed E-state index contributed by atoms with van der Waals surface area (Å²) in [6.45, 7) is 5.96. The first-order valence-corrected chi connectivity index (χ1v) is 9.06. The minimum absolute atomic E-state index is 0.0615. The van der Waals surface area contributed by atoms with Gasteiger partial charge in [-0.05, 0) is 31.0 Å². The average Bonchev–Trinajstić information content (AvgIpc) is 2.39. The Hall–Kier alpha value is -1.14. The van der Waals surface area contributed by atoms with Gasteiger partial charge in [0.2, 0.25) is 0 Å². The minimum Gasteiger partial charge on any atom is -0.349 e.